The highest BCUT2D eigenvalue weighted by Gasteiger charge is 2.31. The third kappa shape index (κ3) is 5.75. The maximum absolute atomic E-state index is 6.04. The molecule has 0 radical (unpaired) electrons. The summed E-state index contributed by atoms with van der Waals surface area (Å²) in [5, 5.41) is 10.2. The molecule has 0 saturated carbocycles. The smallest absolute Gasteiger partial charge is 0.139 e. The van der Waals surface area contributed by atoms with Crippen molar-refractivity contribution in [2.45, 2.75) is 32.1 Å². The van der Waals surface area contributed by atoms with Crippen LogP contribution in [0.5, 0.6) is 0 Å². The average molecular weight is 451 g/mol. The highest BCUT2D eigenvalue weighted by Crippen LogP contribution is 2.25. The fraction of sp³-hybridized carbons (Fsp3) is 0.385. The Bertz CT molecular complexity index is 974. The van der Waals surface area contributed by atoms with Crippen molar-refractivity contribution in [2.75, 3.05) is 39.7 Å². The summed E-state index contributed by atoms with van der Waals surface area (Å²) < 4.78 is 17.2. The molecule has 2 unspecified atom stereocenters. The van der Waals surface area contributed by atoms with E-state index >= 15 is 0 Å². The molecule has 33 heavy (non-hydrogen) atoms. The summed E-state index contributed by atoms with van der Waals surface area (Å²) in [6, 6.07) is 16.8. The number of dihydropyridines is 1. The summed E-state index contributed by atoms with van der Waals surface area (Å²) in [4.78, 5) is 2.40. The first-order valence-corrected chi connectivity index (χ1v) is 11.3. The molecule has 2 aliphatic rings. The minimum atomic E-state index is -0.240. The molecule has 0 aromatic heterocycles. The molecular formula is C26H34N4O3. The number of ether oxygens (including phenoxy) is 3. The second-order valence-electron chi connectivity index (χ2n) is 8.22. The van der Waals surface area contributed by atoms with Crippen LogP contribution >= 0.6 is 0 Å². The van der Waals surface area contributed by atoms with Crippen LogP contribution in [0.3, 0.4) is 0 Å². The van der Waals surface area contributed by atoms with Crippen LogP contribution in [0.2, 0.25) is 0 Å². The van der Waals surface area contributed by atoms with Crippen LogP contribution in [0, 0.1) is 0 Å². The Balaban J connectivity index is 1.41. The van der Waals surface area contributed by atoms with Crippen molar-refractivity contribution in [2.24, 2.45) is 0 Å². The topological polar surface area (TPSA) is 67.0 Å². The lowest BCUT2D eigenvalue weighted by Crippen LogP contribution is -2.52. The fourth-order valence-electron chi connectivity index (χ4n) is 4.24. The zero-order chi connectivity index (χ0) is 23.0. The fourth-order valence-corrected chi connectivity index (χ4v) is 4.24. The minimum Gasteiger partial charge on any atom is -0.493 e. The monoisotopic (exact) mass is 450 g/mol. The van der Waals surface area contributed by atoms with Gasteiger partial charge in [0.2, 0.25) is 0 Å². The Morgan fingerprint density at radius 2 is 1.91 bits per heavy atom. The average Bonchev–Trinajstić information content (AvgIpc) is 2.86. The molecule has 176 valence electrons. The Labute approximate surface area is 196 Å². The Kier molecular flexibility index (Phi) is 8.01. The van der Waals surface area contributed by atoms with Gasteiger partial charge in [0.15, 0.2) is 0 Å². The van der Waals surface area contributed by atoms with Crippen molar-refractivity contribution in [1.82, 2.24) is 15.5 Å². The van der Waals surface area contributed by atoms with E-state index in [0.717, 1.165) is 30.1 Å². The van der Waals surface area contributed by atoms with Gasteiger partial charge in [0, 0.05) is 58.4 Å². The van der Waals surface area contributed by atoms with Gasteiger partial charge in [-0.2, -0.15) is 0 Å². The molecule has 7 heteroatoms. The lowest BCUT2D eigenvalue weighted by molar-refractivity contribution is 0.0304. The quantitative estimate of drug-likeness (QED) is 0.481. The van der Waals surface area contributed by atoms with E-state index < -0.39 is 0 Å². The van der Waals surface area contributed by atoms with E-state index in [4.69, 9.17) is 14.2 Å². The molecule has 3 N–H and O–H groups in total. The highest BCUT2D eigenvalue weighted by atomic mass is 16.5. The normalized spacial score (nSPS) is 18.9. The standard InChI is InChI=1S/C26H34N4O3/c1-27-23-10-8-19(9-11-23)15-29-26(32-3)22-14-24-25(28-16-22)30(12-13-33-24)17-20-6-4-5-7-21(20)18-31-2/h4-11,14,16,25-29H,12-13,15,17-18H2,1-3H3. The van der Waals surface area contributed by atoms with Gasteiger partial charge < -0.3 is 24.8 Å². The molecule has 1 saturated heterocycles. The second-order valence-corrected chi connectivity index (χ2v) is 8.22. The van der Waals surface area contributed by atoms with Crippen molar-refractivity contribution in [3.05, 3.63) is 88.8 Å². The van der Waals surface area contributed by atoms with E-state index in [0.29, 0.717) is 19.8 Å². The zero-order valence-electron chi connectivity index (χ0n) is 19.6. The van der Waals surface area contributed by atoms with Crippen LogP contribution in [0.1, 0.15) is 16.7 Å². The largest absolute Gasteiger partial charge is 0.493 e. The number of morpholine rings is 1. The number of hydrogen-bond donors (Lipinski definition) is 3. The van der Waals surface area contributed by atoms with Gasteiger partial charge in [0.1, 0.15) is 24.8 Å². The van der Waals surface area contributed by atoms with Crippen molar-refractivity contribution in [3.8, 4) is 0 Å². The van der Waals surface area contributed by atoms with Gasteiger partial charge in [-0.3, -0.25) is 10.2 Å². The molecule has 1 fully saturated rings. The van der Waals surface area contributed by atoms with E-state index in [9.17, 15) is 0 Å². The van der Waals surface area contributed by atoms with E-state index in [1.54, 1.807) is 14.2 Å². The van der Waals surface area contributed by atoms with Gasteiger partial charge in [-0.25, -0.2) is 0 Å². The maximum atomic E-state index is 6.04. The Morgan fingerprint density at radius 3 is 2.64 bits per heavy atom. The number of hydrogen-bond acceptors (Lipinski definition) is 7. The van der Waals surface area contributed by atoms with Crippen LogP contribution in [0.4, 0.5) is 5.69 Å². The number of benzene rings is 2. The van der Waals surface area contributed by atoms with Gasteiger partial charge in [0.25, 0.3) is 0 Å². The van der Waals surface area contributed by atoms with Crippen LogP contribution in [-0.2, 0) is 33.9 Å². The van der Waals surface area contributed by atoms with E-state index in [-0.39, 0.29) is 12.4 Å². The molecular weight excluding hydrogens is 416 g/mol. The van der Waals surface area contributed by atoms with Crippen molar-refractivity contribution in [1.29, 1.82) is 0 Å². The molecule has 4 rings (SSSR count). The third-order valence-corrected chi connectivity index (χ3v) is 6.06. The van der Waals surface area contributed by atoms with E-state index in [1.807, 2.05) is 13.2 Å². The first-order chi connectivity index (χ1) is 16.2. The van der Waals surface area contributed by atoms with Crippen LogP contribution in [0.15, 0.2) is 72.1 Å². The van der Waals surface area contributed by atoms with Gasteiger partial charge in [0.05, 0.1) is 6.61 Å². The van der Waals surface area contributed by atoms with Crippen molar-refractivity contribution in [3.63, 3.8) is 0 Å². The number of fused-ring (bicyclic) bond motifs is 1. The van der Waals surface area contributed by atoms with Crippen LogP contribution < -0.4 is 16.0 Å². The van der Waals surface area contributed by atoms with Crippen molar-refractivity contribution >= 4 is 5.69 Å². The number of anilines is 1. The molecule has 0 spiro atoms. The molecule has 2 aromatic rings. The Morgan fingerprint density at radius 1 is 1.12 bits per heavy atom. The number of nitrogens with one attached hydrogen (secondary N) is 3. The Hall–Kier alpha value is -2.84. The summed E-state index contributed by atoms with van der Waals surface area (Å²) in [7, 11) is 5.37. The summed E-state index contributed by atoms with van der Waals surface area (Å²) in [5.41, 5.74) is 5.80. The second kappa shape index (κ2) is 11.3. The van der Waals surface area contributed by atoms with Gasteiger partial charge in [-0.05, 0) is 34.9 Å². The summed E-state index contributed by atoms with van der Waals surface area (Å²) in [6.07, 6.45) is 3.89. The molecule has 2 heterocycles. The highest BCUT2D eigenvalue weighted by molar-refractivity contribution is 5.43. The molecule has 0 amide bonds. The predicted molar refractivity (Wildman–Crippen MR) is 130 cm³/mol. The number of methoxy groups -OCH3 is 2. The first-order valence-electron chi connectivity index (χ1n) is 11.3. The lowest BCUT2D eigenvalue weighted by atomic mass is 10.1. The molecule has 0 aliphatic carbocycles. The third-order valence-electron chi connectivity index (χ3n) is 6.06. The summed E-state index contributed by atoms with van der Waals surface area (Å²) in [5.74, 6) is 0.921. The number of rotatable bonds is 10. The summed E-state index contributed by atoms with van der Waals surface area (Å²) in [6.45, 7) is 3.66. The zero-order valence-corrected chi connectivity index (χ0v) is 19.6. The predicted octanol–water partition coefficient (Wildman–Crippen LogP) is 3.17. The van der Waals surface area contributed by atoms with E-state index in [1.165, 1.54) is 16.7 Å². The molecule has 2 aromatic carbocycles. The minimum absolute atomic E-state index is 0.00435. The molecule has 0 bridgehead atoms. The van der Waals surface area contributed by atoms with Gasteiger partial charge in [-0.15, -0.1) is 0 Å². The number of nitrogens with zero attached hydrogens (tertiary/aromatic N) is 1. The maximum Gasteiger partial charge on any atom is 0.139 e. The summed E-state index contributed by atoms with van der Waals surface area (Å²) >= 11 is 0. The van der Waals surface area contributed by atoms with Gasteiger partial charge in [-0.1, -0.05) is 36.4 Å². The SMILES string of the molecule is CNc1ccc(CNC(OC)C2=CNC3C(=C2)OCCN3Cc2ccccc2COC)cc1. The first kappa shape index (κ1) is 23.3. The van der Waals surface area contributed by atoms with Gasteiger partial charge >= 0.3 is 0 Å². The molecule has 2 atom stereocenters. The molecule has 2 aliphatic heterocycles. The van der Waals surface area contributed by atoms with Crippen molar-refractivity contribution < 1.29 is 14.2 Å². The molecule has 7 nitrogen and oxygen atoms in total. The van der Waals surface area contributed by atoms with Crippen LogP contribution in [0.25, 0.3) is 0 Å². The van der Waals surface area contributed by atoms with Crippen LogP contribution in [-0.4, -0.2) is 51.7 Å². The lowest BCUT2D eigenvalue weighted by Gasteiger charge is -2.40. The van der Waals surface area contributed by atoms with E-state index in [2.05, 4.69) is 75.5 Å².